The van der Waals surface area contributed by atoms with Crippen LogP contribution in [0.15, 0.2) is 59.5 Å². The summed E-state index contributed by atoms with van der Waals surface area (Å²) in [4.78, 5) is 12.6. The van der Waals surface area contributed by atoms with E-state index in [2.05, 4.69) is 0 Å². The fourth-order valence-corrected chi connectivity index (χ4v) is 4.42. The number of carbonyl (C=O) groups is 1. The summed E-state index contributed by atoms with van der Waals surface area (Å²) in [5.74, 6) is 0.0577. The number of carbonyl (C=O) groups excluding carboxylic acids is 1. The maximum absolute atomic E-state index is 13.1. The van der Waals surface area contributed by atoms with Crippen molar-refractivity contribution in [2.24, 2.45) is 0 Å². The second-order valence-corrected chi connectivity index (χ2v) is 8.02. The lowest BCUT2D eigenvalue weighted by atomic mass is 9.95. The zero-order chi connectivity index (χ0) is 18.0. The molecule has 4 nitrogen and oxygen atoms in total. The van der Waals surface area contributed by atoms with Gasteiger partial charge in [0.25, 0.3) is 10.0 Å². The smallest absolute Gasteiger partial charge is 0.264 e. The number of aryl methyl sites for hydroxylation is 1. The molecule has 0 saturated carbocycles. The number of sulfonamides is 1. The summed E-state index contributed by atoms with van der Waals surface area (Å²) in [7, 11) is -3.68. The molecule has 1 aliphatic heterocycles. The molecule has 25 heavy (non-hydrogen) atoms. The molecular formula is C20H21NO3S. The van der Waals surface area contributed by atoms with Gasteiger partial charge in [-0.3, -0.25) is 9.10 Å². The maximum atomic E-state index is 13.1. The summed E-state index contributed by atoms with van der Waals surface area (Å²) in [5, 5.41) is 0. The molecule has 0 N–H and O–H groups in total. The number of hydrogen-bond donors (Lipinski definition) is 0. The molecule has 0 aromatic heterocycles. The molecule has 1 aliphatic rings. The van der Waals surface area contributed by atoms with Gasteiger partial charge in [-0.15, -0.1) is 0 Å². The van der Waals surface area contributed by atoms with Crippen molar-refractivity contribution in [3.8, 4) is 0 Å². The molecule has 0 aliphatic carbocycles. The molecule has 0 bridgehead atoms. The van der Waals surface area contributed by atoms with Crippen LogP contribution < -0.4 is 4.31 Å². The number of anilines is 1. The number of benzene rings is 2. The van der Waals surface area contributed by atoms with E-state index in [-0.39, 0.29) is 17.2 Å². The summed E-state index contributed by atoms with van der Waals surface area (Å²) in [6, 6.07) is 14.0. The van der Waals surface area contributed by atoms with E-state index in [1.807, 2.05) is 26.0 Å². The first-order valence-corrected chi connectivity index (χ1v) is 9.81. The molecule has 0 amide bonds. The Hall–Kier alpha value is -2.40. The van der Waals surface area contributed by atoms with Crippen molar-refractivity contribution in [2.75, 3.05) is 10.8 Å². The molecule has 0 radical (unpaired) electrons. The summed E-state index contributed by atoms with van der Waals surface area (Å²) >= 11 is 0. The van der Waals surface area contributed by atoms with E-state index in [0.29, 0.717) is 23.2 Å². The predicted octanol–water partition coefficient (Wildman–Crippen LogP) is 3.96. The van der Waals surface area contributed by atoms with Crippen molar-refractivity contribution in [2.45, 2.75) is 31.6 Å². The Morgan fingerprint density at radius 1 is 1.08 bits per heavy atom. The number of para-hydroxylation sites is 1. The van der Waals surface area contributed by atoms with Gasteiger partial charge in [0.2, 0.25) is 0 Å². The molecule has 3 rings (SSSR count). The molecule has 0 atom stereocenters. The number of rotatable bonds is 5. The first-order valence-electron chi connectivity index (χ1n) is 8.37. The van der Waals surface area contributed by atoms with E-state index in [1.165, 1.54) is 4.31 Å². The number of Topliss-reactive ketones (excluding diaryl/α,β-unsaturated/α-hetero) is 1. The lowest BCUT2D eigenvalue weighted by Crippen LogP contribution is -2.34. The third-order valence-corrected chi connectivity index (χ3v) is 6.10. The Labute approximate surface area is 148 Å². The Balaban J connectivity index is 2.06. The molecule has 0 unspecified atom stereocenters. The van der Waals surface area contributed by atoms with Crippen molar-refractivity contribution in [3.63, 3.8) is 0 Å². The zero-order valence-electron chi connectivity index (χ0n) is 14.4. The minimum Gasteiger partial charge on any atom is -0.294 e. The van der Waals surface area contributed by atoms with Gasteiger partial charge in [0.05, 0.1) is 17.1 Å². The summed E-state index contributed by atoms with van der Waals surface area (Å²) in [6.07, 6.45) is 2.96. The molecule has 0 fully saturated rings. The highest BCUT2D eigenvalue weighted by Crippen LogP contribution is 2.35. The summed E-state index contributed by atoms with van der Waals surface area (Å²) in [5.41, 5.74) is 2.87. The zero-order valence-corrected chi connectivity index (χ0v) is 15.2. The van der Waals surface area contributed by atoms with Crippen LogP contribution in [0.1, 0.15) is 30.9 Å². The van der Waals surface area contributed by atoms with Crippen LogP contribution in [0.3, 0.4) is 0 Å². The van der Waals surface area contributed by atoms with Gasteiger partial charge in [0, 0.05) is 17.6 Å². The van der Waals surface area contributed by atoms with Gasteiger partial charge in [-0.2, -0.15) is 0 Å². The van der Waals surface area contributed by atoms with Crippen LogP contribution in [0.25, 0.3) is 5.57 Å². The van der Waals surface area contributed by atoms with E-state index in [1.54, 1.807) is 42.5 Å². The van der Waals surface area contributed by atoms with E-state index >= 15 is 0 Å². The van der Waals surface area contributed by atoms with Crippen LogP contribution in [0.4, 0.5) is 5.69 Å². The Bertz CT molecular complexity index is 928. The van der Waals surface area contributed by atoms with Crippen LogP contribution in [-0.2, 0) is 14.8 Å². The van der Waals surface area contributed by atoms with Crippen molar-refractivity contribution >= 4 is 27.1 Å². The lowest BCUT2D eigenvalue weighted by molar-refractivity contribution is -0.113. The topological polar surface area (TPSA) is 54.5 Å². The Morgan fingerprint density at radius 3 is 2.44 bits per heavy atom. The quantitative estimate of drug-likeness (QED) is 0.816. The first kappa shape index (κ1) is 17.4. The number of ketones is 1. The van der Waals surface area contributed by atoms with E-state index in [4.69, 9.17) is 0 Å². The normalized spacial score (nSPS) is 14.0. The Morgan fingerprint density at radius 2 is 1.76 bits per heavy atom. The minimum atomic E-state index is -3.68. The first-order chi connectivity index (χ1) is 11.9. The third-order valence-electron chi connectivity index (χ3n) is 4.31. The predicted molar refractivity (Wildman–Crippen MR) is 100 cm³/mol. The van der Waals surface area contributed by atoms with Gasteiger partial charge >= 0.3 is 0 Å². The fraction of sp³-hybridized carbons (Fsp3) is 0.250. The van der Waals surface area contributed by atoms with Crippen molar-refractivity contribution in [1.82, 2.24) is 0 Å². The number of nitrogens with zero attached hydrogens (tertiary/aromatic N) is 1. The van der Waals surface area contributed by atoms with Crippen LogP contribution in [0.2, 0.25) is 0 Å². The molecule has 130 valence electrons. The van der Waals surface area contributed by atoms with Gasteiger partial charge < -0.3 is 0 Å². The van der Waals surface area contributed by atoms with Gasteiger partial charge in [-0.1, -0.05) is 48.9 Å². The average molecular weight is 355 g/mol. The standard InChI is InChI=1S/C20H21NO3S/c1-3-6-20(22)18-13-14-21(19-8-5-4-7-17(18)19)25(23,24)16-11-9-15(2)10-12-16/h4-5,7-13H,3,6,14H2,1-2H3. The molecule has 0 spiro atoms. The van der Waals surface area contributed by atoms with Crippen molar-refractivity contribution in [3.05, 3.63) is 65.7 Å². The molecule has 1 heterocycles. The fourth-order valence-electron chi connectivity index (χ4n) is 2.99. The second-order valence-electron chi connectivity index (χ2n) is 6.16. The lowest BCUT2D eigenvalue weighted by Gasteiger charge is -2.29. The van der Waals surface area contributed by atoms with Crippen molar-refractivity contribution < 1.29 is 13.2 Å². The van der Waals surface area contributed by atoms with E-state index < -0.39 is 10.0 Å². The van der Waals surface area contributed by atoms with Crippen LogP contribution in [-0.4, -0.2) is 20.7 Å². The molecule has 2 aromatic rings. The largest absolute Gasteiger partial charge is 0.294 e. The molecule has 0 saturated heterocycles. The highest BCUT2D eigenvalue weighted by atomic mass is 32.2. The highest BCUT2D eigenvalue weighted by molar-refractivity contribution is 7.92. The Kier molecular flexibility index (Phi) is 4.77. The van der Waals surface area contributed by atoms with E-state index in [0.717, 1.165) is 12.0 Å². The van der Waals surface area contributed by atoms with Crippen LogP contribution >= 0.6 is 0 Å². The van der Waals surface area contributed by atoms with Gasteiger partial charge in [0.15, 0.2) is 5.78 Å². The number of hydrogen-bond acceptors (Lipinski definition) is 3. The summed E-state index contributed by atoms with van der Waals surface area (Å²) < 4.78 is 27.5. The van der Waals surface area contributed by atoms with Gasteiger partial charge in [-0.05, 0) is 31.5 Å². The van der Waals surface area contributed by atoms with Crippen LogP contribution in [0, 0.1) is 6.92 Å². The molecule has 5 heteroatoms. The van der Waals surface area contributed by atoms with Gasteiger partial charge in [-0.25, -0.2) is 8.42 Å². The van der Waals surface area contributed by atoms with Crippen molar-refractivity contribution in [1.29, 1.82) is 0 Å². The SMILES string of the molecule is CCCC(=O)C1=CCN(S(=O)(=O)c2ccc(C)cc2)c2ccccc21. The molecule has 2 aromatic carbocycles. The monoisotopic (exact) mass is 355 g/mol. The summed E-state index contributed by atoms with van der Waals surface area (Å²) in [6.45, 7) is 4.04. The number of fused-ring (bicyclic) bond motifs is 1. The van der Waals surface area contributed by atoms with Crippen LogP contribution in [0.5, 0.6) is 0 Å². The van der Waals surface area contributed by atoms with E-state index in [9.17, 15) is 13.2 Å². The average Bonchev–Trinajstić information content (AvgIpc) is 2.61. The third kappa shape index (κ3) is 3.24. The second kappa shape index (κ2) is 6.84. The van der Waals surface area contributed by atoms with Gasteiger partial charge in [0.1, 0.15) is 0 Å². The highest BCUT2D eigenvalue weighted by Gasteiger charge is 2.30. The molecular weight excluding hydrogens is 334 g/mol. The number of allylic oxidation sites excluding steroid dienone is 1. The maximum Gasteiger partial charge on any atom is 0.264 e. The minimum absolute atomic E-state index is 0.0577.